The lowest BCUT2D eigenvalue weighted by Crippen LogP contribution is -2.15. The Morgan fingerprint density at radius 1 is 0.636 bits per heavy atom. The van der Waals surface area contributed by atoms with Crippen molar-refractivity contribution in [3.8, 4) is 22.9 Å². The van der Waals surface area contributed by atoms with Gasteiger partial charge in [-0.25, -0.2) is 0 Å². The molecule has 0 radical (unpaired) electrons. The fourth-order valence-electron chi connectivity index (χ4n) is 2.11. The highest BCUT2D eigenvalue weighted by Gasteiger charge is 2.14. The number of ether oxygens (including phenoxy) is 4. The number of hydrogen-bond donors (Lipinski definition) is 0. The predicted octanol–water partition coefficient (Wildman–Crippen LogP) is 1.95. The van der Waals surface area contributed by atoms with Crippen molar-refractivity contribution in [2.75, 3.05) is 39.6 Å². The molecule has 6 nitrogen and oxygen atoms in total. The van der Waals surface area contributed by atoms with Crippen LogP contribution in [0.2, 0.25) is 0 Å². The third-order valence-corrected chi connectivity index (χ3v) is 3.11. The summed E-state index contributed by atoms with van der Waals surface area (Å²) >= 11 is 0. The van der Waals surface area contributed by atoms with Gasteiger partial charge in [-0.2, -0.15) is 0 Å². The Morgan fingerprint density at radius 3 is 1.59 bits per heavy atom. The third kappa shape index (κ3) is 3.72. The quantitative estimate of drug-likeness (QED) is 0.741. The molecular weight excluding hydrogens is 284 g/mol. The molecule has 0 saturated carbocycles. The van der Waals surface area contributed by atoms with Gasteiger partial charge in [0.2, 0.25) is 0 Å². The topological polar surface area (TPSA) is 62.7 Å². The highest BCUT2D eigenvalue weighted by atomic mass is 16.6. The zero-order valence-electron chi connectivity index (χ0n) is 12.2. The molecule has 0 saturated heterocycles. The van der Waals surface area contributed by atoms with Gasteiger partial charge in [-0.3, -0.25) is 9.97 Å². The fraction of sp³-hybridized carbons (Fsp3) is 0.375. The number of fused-ring (bicyclic) bond motifs is 3. The van der Waals surface area contributed by atoms with Gasteiger partial charge in [-0.05, 0) is 24.3 Å². The van der Waals surface area contributed by atoms with Gasteiger partial charge in [0.05, 0.1) is 26.4 Å². The summed E-state index contributed by atoms with van der Waals surface area (Å²) in [5.74, 6) is 1.34. The molecule has 2 aromatic rings. The van der Waals surface area contributed by atoms with E-state index in [1.165, 1.54) is 0 Å². The summed E-state index contributed by atoms with van der Waals surface area (Å²) in [7, 11) is 0. The number of hydrogen-bond acceptors (Lipinski definition) is 6. The maximum atomic E-state index is 5.77. The van der Waals surface area contributed by atoms with E-state index in [9.17, 15) is 0 Å². The summed E-state index contributed by atoms with van der Waals surface area (Å²) in [4.78, 5) is 8.78. The van der Waals surface area contributed by atoms with E-state index in [1.54, 1.807) is 12.4 Å². The molecule has 0 atom stereocenters. The molecule has 3 rings (SSSR count). The van der Waals surface area contributed by atoms with Crippen LogP contribution in [0.25, 0.3) is 11.4 Å². The average Bonchev–Trinajstić information content (AvgIpc) is 2.57. The lowest BCUT2D eigenvalue weighted by atomic mass is 10.2. The van der Waals surface area contributed by atoms with E-state index in [2.05, 4.69) is 9.97 Å². The van der Waals surface area contributed by atoms with Crippen LogP contribution in [-0.2, 0) is 9.47 Å². The second-order valence-corrected chi connectivity index (χ2v) is 4.62. The number of aromatic nitrogens is 2. The molecule has 1 aliphatic heterocycles. The first-order chi connectivity index (χ1) is 10.9. The number of nitrogens with zero attached hydrogens (tertiary/aromatic N) is 2. The van der Waals surface area contributed by atoms with E-state index < -0.39 is 0 Å². The summed E-state index contributed by atoms with van der Waals surface area (Å²) < 4.78 is 22.4. The Balaban J connectivity index is 1.91. The summed E-state index contributed by atoms with van der Waals surface area (Å²) in [6.45, 7) is 2.98. The normalized spacial score (nSPS) is 16.4. The van der Waals surface area contributed by atoms with Crippen LogP contribution in [0.5, 0.6) is 11.5 Å². The van der Waals surface area contributed by atoms with Crippen LogP contribution in [0.4, 0.5) is 0 Å². The molecule has 116 valence electrons. The predicted molar refractivity (Wildman–Crippen MR) is 80.1 cm³/mol. The SMILES string of the molecule is c1cnc2c(c1)OCCOCCOCCOc1cccnc1-2. The van der Waals surface area contributed by atoms with E-state index in [4.69, 9.17) is 18.9 Å². The first kappa shape index (κ1) is 14.7. The van der Waals surface area contributed by atoms with Gasteiger partial charge in [0.25, 0.3) is 0 Å². The van der Waals surface area contributed by atoms with Crippen molar-refractivity contribution in [1.29, 1.82) is 0 Å². The van der Waals surface area contributed by atoms with Crippen molar-refractivity contribution in [1.82, 2.24) is 9.97 Å². The van der Waals surface area contributed by atoms with Crippen molar-refractivity contribution >= 4 is 0 Å². The minimum Gasteiger partial charge on any atom is -0.489 e. The minimum atomic E-state index is 0.446. The Labute approximate surface area is 129 Å². The Bertz CT molecular complexity index is 553. The zero-order valence-corrected chi connectivity index (χ0v) is 12.2. The van der Waals surface area contributed by atoms with E-state index in [-0.39, 0.29) is 0 Å². The third-order valence-electron chi connectivity index (χ3n) is 3.11. The van der Waals surface area contributed by atoms with Gasteiger partial charge >= 0.3 is 0 Å². The first-order valence-electron chi connectivity index (χ1n) is 7.26. The number of rotatable bonds is 0. The van der Waals surface area contributed by atoms with Crippen LogP contribution in [0, 0.1) is 0 Å². The molecule has 6 heteroatoms. The van der Waals surface area contributed by atoms with Crippen molar-refractivity contribution < 1.29 is 18.9 Å². The van der Waals surface area contributed by atoms with Gasteiger partial charge < -0.3 is 18.9 Å². The van der Waals surface area contributed by atoms with E-state index in [1.807, 2.05) is 24.3 Å². The van der Waals surface area contributed by atoms with Crippen LogP contribution in [0.15, 0.2) is 36.7 Å². The van der Waals surface area contributed by atoms with Crippen LogP contribution in [0.3, 0.4) is 0 Å². The Hall–Kier alpha value is -2.18. The van der Waals surface area contributed by atoms with E-state index in [0.29, 0.717) is 62.5 Å². The van der Waals surface area contributed by atoms with Crippen LogP contribution in [-0.4, -0.2) is 49.6 Å². The fourth-order valence-corrected chi connectivity index (χ4v) is 2.11. The molecule has 0 aromatic carbocycles. The molecule has 3 heterocycles. The molecule has 2 aromatic heterocycles. The maximum absolute atomic E-state index is 5.77. The monoisotopic (exact) mass is 302 g/mol. The highest BCUT2D eigenvalue weighted by molar-refractivity contribution is 5.68. The summed E-state index contributed by atoms with van der Waals surface area (Å²) in [6, 6.07) is 7.41. The first-order valence-corrected chi connectivity index (χ1v) is 7.26. The van der Waals surface area contributed by atoms with Gasteiger partial charge in [-0.1, -0.05) is 0 Å². The molecule has 0 amide bonds. The zero-order chi connectivity index (χ0) is 15.0. The van der Waals surface area contributed by atoms with Gasteiger partial charge in [0.15, 0.2) is 0 Å². The molecular formula is C16H18N2O4. The van der Waals surface area contributed by atoms with Crippen LogP contribution in [0.1, 0.15) is 0 Å². The molecule has 0 fully saturated rings. The average molecular weight is 302 g/mol. The van der Waals surface area contributed by atoms with Crippen molar-refractivity contribution in [3.63, 3.8) is 0 Å². The van der Waals surface area contributed by atoms with Crippen LogP contribution < -0.4 is 9.47 Å². The summed E-state index contributed by atoms with van der Waals surface area (Å²) in [5.41, 5.74) is 1.33. The highest BCUT2D eigenvalue weighted by Crippen LogP contribution is 2.32. The lowest BCUT2D eigenvalue weighted by Gasteiger charge is -2.15. The van der Waals surface area contributed by atoms with E-state index >= 15 is 0 Å². The molecule has 1 aliphatic rings. The molecule has 0 spiro atoms. The van der Waals surface area contributed by atoms with Gasteiger partial charge in [0, 0.05) is 12.4 Å². The number of pyridine rings is 2. The van der Waals surface area contributed by atoms with Crippen LogP contribution >= 0.6 is 0 Å². The molecule has 0 aliphatic carbocycles. The Kier molecular flexibility index (Phi) is 5.18. The standard InChI is InChI=1S/C16H18N2O4/c1-3-13-15(17-5-1)16-14(4-2-6-18-16)22-12-10-20-8-7-19-9-11-21-13/h1-6H,7-12H2. The smallest absolute Gasteiger partial charge is 0.147 e. The van der Waals surface area contributed by atoms with Crippen molar-refractivity contribution in [3.05, 3.63) is 36.7 Å². The summed E-state index contributed by atoms with van der Waals surface area (Å²) in [6.07, 6.45) is 3.42. The van der Waals surface area contributed by atoms with E-state index in [0.717, 1.165) is 0 Å². The van der Waals surface area contributed by atoms with Crippen molar-refractivity contribution in [2.24, 2.45) is 0 Å². The molecule has 0 N–H and O–H groups in total. The summed E-state index contributed by atoms with van der Waals surface area (Å²) in [5, 5.41) is 0. The van der Waals surface area contributed by atoms with Crippen molar-refractivity contribution in [2.45, 2.75) is 0 Å². The molecule has 0 unspecified atom stereocenters. The second-order valence-electron chi connectivity index (χ2n) is 4.62. The maximum Gasteiger partial charge on any atom is 0.147 e. The largest absolute Gasteiger partial charge is 0.489 e. The van der Waals surface area contributed by atoms with Gasteiger partial charge in [-0.15, -0.1) is 0 Å². The van der Waals surface area contributed by atoms with Gasteiger partial charge in [0.1, 0.15) is 36.1 Å². The molecule has 22 heavy (non-hydrogen) atoms. The second kappa shape index (κ2) is 7.72. The minimum absolute atomic E-state index is 0.446. The molecule has 0 bridgehead atoms. The lowest BCUT2D eigenvalue weighted by molar-refractivity contribution is 0.0270. The Morgan fingerprint density at radius 2 is 1.09 bits per heavy atom.